The molecule has 112 valence electrons. The van der Waals surface area contributed by atoms with E-state index < -0.39 is 0 Å². The van der Waals surface area contributed by atoms with E-state index >= 15 is 0 Å². The zero-order valence-corrected chi connectivity index (χ0v) is 12.7. The van der Waals surface area contributed by atoms with E-state index in [4.69, 9.17) is 10.2 Å². The van der Waals surface area contributed by atoms with Gasteiger partial charge in [0.15, 0.2) is 5.76 Å². The molecular formula is C15H25N3O2. The molecule has 1 amide bonds. The molecule has 0 aromatic carbocycles. The second-order valence-corrected chi connectivity index (χ2v) is 6.94. The van der Waals surface area contributed by atoms with Crippen LogP contribution in [-0.2, 0) is 6.54 Å². The van der Waals surface area contributed by atoms with Gasteiger partial charge in [0, 0.05) is 17.1 Å². The highest BCUT2D eigenvalue weighted by molar-refractivity contribution is 5.91. The maximum Gasteiger partial charge on any atom is 0.287 e. The van der Waals surface area contributed by atoms with E-state index in [1.165, 1.54) is 0 Å². The number of hydrogen-bond donors (Lipinski definition) is 3. The van der Waals surface area contributed by atoms with Crippen LogP contribution >= 0.6 is 0 Å². The molecule has 0 atom stereocenters. The first-order chi connectivity index (χ1) is 9.21. The van der Waals surface area contributed by atoms with Gasteiger partial charge in [-0.15, -0.1) is 0 Å². The van der Waals surface area contributed by atoms with Crippen LogP contribution in [0.1, 0.15) is 56.9 Å². The van der Waals surface area contributed by atoms with Gasteiger partial charge in [0.25, 0.3) is 5.91 Å². The highest BCUT2D eigenvalue weighted by atomic mass is 16.4. The minimum Gasteiger partial charge on any atom is -0.455 e. The summed E-state index contributed by atoms with van der Waals surface area (Å²) in [7, 11) is 0. The Labute approximate surface area is 120 Å². The number of carbonyl (C=O) groups excluding carboxylic acids is 1. The maximum atomic E-state index is 12.2. The molecule has 1 aromatic heterocycles. The van der Waals surface area contributed by atoms with Crippen LogP contribution in [0.4, 0.5) is 0 Å². The molecule has 2 rings (SSSR count). The summed E-state index contributed by atoms with van der Waals surface area (Å²) in [5, 5.41) is 6.67. The van der Waals surface area contributed by atoms with Crippen LogP contribution in [0.25, 0.3) is 0 Å². The highest BCUT2D eigenvalue weighted by Gasteiger charge is 2.38. The SMILES string of the molecule is CC1(C)CC(NC(=O)c2ccc(CN)o2)CC(C)(C)N1. The molecule has 20 heavy (non-hydrogen) atoms. The Bertz CT molecular complexity index is 475. The summed E-state index contributed by atoms with van der Waals surface area (Å²) in [5.74, 6) is 0.795. The van der Waals surface area contributed by atoms with Gasteiger partial charge >= 0.3 is 0 Å². The van der Waals surface area contributed by atoms with Crippen molar-refractivity contribution in [1.29, 1.82) is 0 Å². The van der Waals surface area contributed by atoms with Gasteiger partial charge in [-0.25, -0.2) is 0 Å². The lowest BCUT2D eigenvalue weighted by molar-refractivity contribution is 0.0844. The zero-order chi connectivity index (χ0) is 15.0. The van der Waals surface area contributed by atoms with Crippen LogP contribution in [0.15, 0.2) is 16.5 Å². The Hall–Kier alpha value is -1.33. The number of furan rings is 1. The van der Waals surface area contributed by atoms with Crippen LogP contribution in [-0.4, -0.2) is 23.0 Å². The zero-order valence-electron chi connectivity index (χ0n) is 12.7. The van der Waals surface area contributed by atoms with E-state index in [1.54, 1.807) is 12.1 Å². The molecular weight excluding hydrogens is 254 g/mol. The monoisotopic (exact) mass is 279 g/mol. The fourth-order valence-electron chi connectivity index (χ4n) is 3.29. The third-order valence-electron chi connectivity index (χ3n) is 3.61. The fourth-order valence-corrected chi connectivity index (χ4v) is 3.29. The van der Waals surface area contributed by atoms with Crippen molar-refractivity contribution in [2.24, 2.45) is 5.73 Å². The predicted octanol–water partition coefficient (Wildman–Crippen LogP) is 1.78. The topological polar surface area (TPSA) is 80.3 Å². The first-order valence-corrected chi connectivity index (χ1v) is 7.10. The van der Waals surface area contributed by atoms with E-state index in [1.807, 2.05) is 0 Å². The Morgan fingerprint density at radius 2 is 1.95 bits per heavy atom. The molecule has 0 unspecified atom stereocenters. The fraction of sp³-hybridized carbons (Fsp3) is 0.667. The third-order valence-corrected chi connectivity index (χ3v) is 3.61. The Morgan fingerprint density at radius 1 is 1.35 bits per heavy atom. The summed E-state index contributed by atoms with van der Waals surface area (Å²) >= 11 is 0. The van der Waals surface area contributed by atoms with Gasteiger partial charge in [-0.2, -0.15) is 0 Å². The van der Waals surface area contributed by atoms with E-state index in [0.29, 0.717) is 18.1 Å². The van der Waals surface area contributed by atoms with Crippen molar-refractivity contribution in [2.45, 2.75) is 64.2 Å². The summed E-state index contributed by atoms with van der Waals surface area (Å²) in [4.78, 5) is 12.2. The third kappa shape index (κ3) is 3.61. The van der Waals surface area contributed by atoms with Gasteiger partial charge in [0.2, 0.25) is 0 Å². The number of amides is 1. The van der Waals surface area contributed by atoms with Crippen molar-refractivity contribution in [2.75, 3.05) is 0 Å². The average molecular weight is 279 g/mol. The van der Waals surface area contributed by atoms with E-state index in [-0.39, 0.29) is 23.0 Å². The number of nitrogens with two attached hydrogens (primary N) is 1. The summed E-state index contributed by atoms with van der Waals surface area (Å²) in [6.07, 6.45) is 1.79. The normalized spacial score (nSPS) is 21.6. The maximum absolute atomic E-state index is 12.2. The van der Waals surface area contributed by atoms with Gasteiger partial charge in [0.1, 0.15) is 5.76 Å². The van der Waals surface area contributed by atoms with Gasteiger partial charge in [-0.1, -0.05) is 0 Å². The first-order valence-electron chi connectivity index (χ1n) is 7.10. The summed E-state index contributed by atoms with van der Waals surface area (Å²) in [6, 6.07) is 3.56. The van der Waals surface area contributed by atoms with E-state index in [2.05, 4.69) is 38.3 Å². The molecule has 2 heterocycles. The Balaban J connectivity index is 2.03. The summed E-state index contributed by atoms with van der Waals surface area (Å²) in [5.41, 5.74) is 5.50. The Morgan fingerprint density at radius 3 is 2.45 bits per heavy atom. The van der Waals surface area contributed by atoms with Crippen molar-refractivity contribution in [1.82, 2.24) is 10.6 Å². The second-order valence-electron chi connectivity index (χ2n) is 6.94. The molecule has 0 bridgehead atoms. The number of piperidine rings is 1. The summed E-state index contributed by atoms with van der Waals surface area (Å²) < 4.78 is 5.39. The van der Waals surface area contributed by atoms with Gasteiger partial charge < -0.3 is 20.8 Å². The van der Waals surface area contributed by atoms with Crippen molar-refractivity contribution in [3.8, 4) is 0 Å². The standard InChI is InChI=1S/C15H25N3O2/c1-14(2)7-10(8-15(3,4)18-14)17-13(19)12-6-5-11(9-16)20-12/h5-6,10,18H,7-9,16H2,1-4H3,(H,17,19). The van der Waals surface area contributed by atoms with Crippen LogP contribution in [0.5, 0.6) is 0 Å². The lowest BCUT2D eigenvalue weighted by Gasteiger charge is -2.46. The molecule has 5 heteroatoms. The van der Waals surface area contributed by atoms with Gasteiger partial charge in [-0.05, 0) is 52.7 Å². The number of carbonyl (C=O) groups is 1. The number of hydrogen-bond acceptors (Lipinski definition) is 4. The minimum atomic E-state index is -0.164. The van der Waals surface area contributed by atoms with E-state index in [0.717, 1.165) is 12.8 Å². The highest BCUT2D eigenvalue weighted by Crippen LogP contribution is 2.28. The molecule has 1 aliphatic rings. The molecule has 0 saturated carbocycles. The lowest BCUT2D eigenvalue weighted by Crippen LogP contribution is -2.62. The van der Waals surface area contributed by atoms with E-state index in [9.17, 15) is 4.79 Å². The molecule has 5 nitrogen and oxygen atoms in total. The molecule has 0 radical (unpaired) electrons. The first kappa shape index (κ1) is 15.1. The smallest absolute Gasteiger partial charge is 0.287 e. The van der Waals surface area contributed by atoms with Crippen LogP contribution in [0.3, 0.4) is 0 Å². The van der Waals surface area contributed by atoms with Crippen molar-refractivity contribution >= 4 is 5.91 Å². The van der Waals surface area contributed by atoms with Crippen molar-refractivity contribution in [3.63, 3.8) is 0 Å². The molecule has 0 aliphatic carbocycles. The molecule has 1 fully saturated rings. The second kappa shape index (κ2) is 5.22. The van der Waals surface area contributed by atoms with Crippen molar-refractivity contribution < 1.29 is 9.21 Å². The van der Waals surface area contributed by atoms with Crippen LogP contribution < -0.4 is 16.4 Å². The average Bonchev–Trinajstić information content (AvgIpc) is 2.72. The largest absolute Gasteiger partial charge is 0.455 e. The quantitative estimate of drug-likeness (QED) is 0.788. The van der Waals surface area contributed by atoms with Crippen LogP contribution in [0.2, 0.25) is 0 Å². The predicted molar refractivity (Wildman–Crippen MR) is 78.4 cm³/mol. The molecule has 1 aliphatic heterocycles. The van der Waals surface area contributed by atoms with Crippen LogP contribution in [0, 0.1) is 0 Å². The number of nitrogens with one attached hydrogen (secondary N) is 2. The van der Waals surface area contributed by atoms with Crippen molar-refractivity contribution in [3.05, 3.63) is 23.7 Å². The molecule has 0 spiro atoms. The molecule has 4 N–H and O–H groups in total. The van der Waals surface area contributed by atoms with Gasteiger partial charge in [-0.3, -0.25) is 4.79 Å². The Kier molecular flexibility index (Phi) is 3.93. The molecule has 1 aromatic rings. The number of rotatable bonds is 3. The lowest BCUT2D eigenvalue weighted by atomic mass is 9.79. The minimum absolute atomic E-state index is 0.00524. The molecule has 1 saturated heterocycles. The summed E-state index contributed by atoms with van der Waals surface area (Å²) in [6.45, 7) is 8.94. The van der Waals surface area contributed by atoms with Gasteiger partial charge in [0.05, 0.1) is 6.54 Å².